The van der Waals surface area contributed by atoms with Crippen LogP contribution in [0.4, 0.5) is 4.79 Å². The number of hydrogen-bond acceptors (Lipinski definition) is 3. The number of morpholine rings is 1. The fourth-order valence-electron chi connectivity index (χ4n) is 3.49. The van der Waals surface area contributed by atoms with E-state index in [1.807, 2.05) is 24.3 Å². The van der Waals surface area contributed by atoms with Gasteiger partial charge >= 0.3 is 6.03 Å². The number of carbonyl (C=O) groups excluding carboxylic acids is 1. The van der Waals surface area contributed by atoms with Crippen molar-refractivity contribution in [1.82, 2.24) is 15.5 Å². The largest absolute Gasteiger partial charge is 0.379 e. The Morgan fingerprint density at radius 3 is 2.32 bits per heavy atom. The van der Waals surface area contributed by atoms with Crippen LogP contribution in [0.15, 0.2) is 60.7 Å². The molecule has 0 bridgehead atoms. The molecule has 2 amide bonds. The van der Waals surface area contributed by atoms with Crippen molar-refractivity contribution in [1.29, 1.82) is 0 Å². The molecule has 150 valence electrons. The highest BCUT2D eigenvalue weighted by molar-refractivity contribution is 5.74. The Bertz CT molecular complexity index is 702. The number of urea groups is 1. The van der Waals surface area contributed by atoms with Crippen molar-refractivity contribution >= 4 is 6.03 Å². The molecule has 2 atom stereocenters. The molecule has 0 unspecified atom stereocenters. The van der Waals surface area contributed by atoms with E-state index in [2.05, 4.69) is 58.9 Å². The predicted molar refractivity (Wildman–Crippen MR) is 112 cm³/mol. The predicted octanol–water partition coefficient (Wildman–Crippen LogP) is 3.38. The SMILES string of the molecule is C[C@@H](CCc1ccccc1)NC(=O)N[C@H](CN1CCOCC1)c1ccccc1. The molecule has 1 aliphatic heterocycles. The van der Waals surface area contributed by atoms with Crippen LogP contribution >= 0.6 is 0 Å². The lowest BCUT2D eigenvalue weighted by atomic mass is 10.1. The van der Waals surface area contributed by atoms with Crippen LogP contribution in [0, 0.1) is 0 Å². The zero-order chi connectivity index (χ0) is 19.6. The standard InChI is InChI=1S/C23H31N3O2/c1-19(12-13-20-8-4-2-5-9-20)24-23(27)25-22(21-10-6-3-7-11-21)18-26-14-16-28-17-15-26/h2-11,19,22H,12-18H2,1H3,(H2,24,25,27)/t19-,22+/m0/s1. The summed E-state index contributed by atoms with van der Waals surface area (Å²) in [4.78, 5) is 15.0. The summed E-state index contributed by atoms with van der Waals surface area (Å²) in [6.07, 6.45) is 1.87. The molecule has 1 saturated heterocycles. The number of aryl methyl sites for hydroxylation is 1. The van der Waals surface area contributed by atoms with Crippen molar-refractivity contribution in [2.75, 3.05) is 32.8 Å². The van der Waals surface area contributed by atoms with Gasteiger partial charge in [-0.25, -0.2) is 4.79 Å². The summed E-state index contributed by atoms with van der Waals surface area (Å²) in [5.41, 5.74) is 2.42. The van der Waals surface area contributed by atoms with E-state index in [1.54, 1.807) is 0 Å². The lowest BCUT2D eigenvalue weighted by Crippen LogP contribution is -2.47. The molecule has 3 rings (SSSR count). The van der Waals surface area contributed by atoms with Gasteiger partial charge in [-0.2, -0.15) is 0 Å². The first-order valence-corrected chi connectivity index (χ1v) is 10.2. The maximum Gasteiger partial charge on any atom is 0.315 e. The Balaban J connectivity index is 1.52. The summed E-state index contributed by atoms with van der Waals surface area (Å²) in [5.74, 6) is 0. The monoisotopic (exact) mass is 381 g/mol. The van der Waals surface area contributed by atoms with E-state index in [4.69, 9.17) is 4.74 Å². The van der Waals surface area contributed by atoms with Gasteiger partial charge in [-0.1, -0.05) is 60.7 Å². The second-order valence-electron chi connectivity index (χ2n) is 7.42. The van der Waals surface area contributed by atoms with Crippen molar-refractivity contribution in [3.05, 3.63) is 71.8 Å². The van der Waals surface area contributed by atoms with Crippen molar-refractivity contribution in [2.24, 2.45) is 0 Å². The van der Waals surface area contributed by atoms with Crippen LogP contribution in [0.1, 0.15) is 30.5 Å². The smallest absolute Gasteiger partial charge is 0.315 e. The molecule has 2 aromatic carbocycles. The average Bonchev–Trinajstić information content (AvgIpc) is 2.74. The van der Waals surface area contributed by atoms with Crippen molar-refractivity contribution < 1.29 is 9.53 Å². The summed E-state index contributed by atoms with van der Waals surface area (Å²) < 4.78 is 5.44. The minimum absolute atomic E-state index is 0.0411. The minimum atomic E-state index is -0.109. The van der Waals surface area contributed by atoms with Gasteiger partial charge in [0.25, 0.3) is 0 Å². The Morgan fingerprint density at radius 2 is 1.64 bits per heavy atom. The molecule has 0 radical (unpaired) electrons. The molecule has 5 nitrogen and oxygen atoms in total. The number of amides is 2. The van der Waals surface area contributed by atoms with Gasteiger partial charge in [0.05, 0.1) is 19.3 Å². The van der Waals surface area contributed by atoms with E-state index in [1.165, 1.54) is 5.56 Å². The molecule has 1 heterocycles. The highest BCUT2D eigenvalue weighted by atomic mass is 16.5. The van der Waals surface area contributed by atoms with Gasteiger partial charge in [0, 0.05) is 25.7 Å². The van der Waals surface area contributed by atoms with Gasteiger partial charge in [-0.3, -0.25) is 4.90 Å². The zero-order valence-electron chi connectivity index (χ0n) is 16.6. The minimum Gasteiger partial charge on any atom is -0.379 e. The molecule has 1 aliphatic rings. The lowest BCUT2D eigenvalue weighted by molar-refractivity contribution is 0.0339. The second-order valence-corrected chi connectivity index (χ2v) is 7.42. The van der Waals surface area contributed by atoms with Crippen LogP contribution in [0.5, 0.6) is 0 Å². The van der Waals surface area contributed by atoms with Crippen LogP contribution in [0.2, 0.25) is 0 Å². The number of nitrogens with zero attached hydrogens (tertiary/aromatic N) is 1. The zero-order valence-corrected chi connectivity index (χ0v) is 16.6. The van der Waals surface area contributed by atoms with E-state index in [-0.39, 0.29) is 18.1 Å². The molecule has 1 fully saturated rings. The van der Waals surface area contributed by atoms with Gasteiger partial charge in [-0.15, -0.1) is 0 Å². The summed E-state index contributed by atoms with van der Waals surface area (Å²) in [5, 5.41) is 6.27. The molecule has 28 heavy (non-hydrogen) atoms. The van der Waals surface area contributed by atoms with Crippen molar-refractivity contribution in [3.63, 3.8) is 0 Å². The topological polar surface area (TPSA) is 53.6 Å². The van der Waals surface area contributed by atoms with Crippen LogP contribution in [0.25, 0.3) is 0 Å². The highest BCUT2D eigenvalue weighted by Crippen LogP contribution is 2.15. The van der Waals surface area contributed by atoms with Crippen molar-refractivity contribution in [2.45, 2.75) is 31.8 Å². The fourth-order valence-corrected chi connectivity index (χ4v) is 3.49. The van der Waals surface area contributed by atoms with Gasteiger partial charge in [-0.05, 0) is 30.9 Å². The molecule has 0 saturated carbocycles. The maximum absolute atomic E-state index is 12.6. The number of carbonyl (C=O) groups is 1. The molecule has 2 N–H and O–H groups in total. The number of rotatable bonds is 8. The van der Waals surface area contributed by atoms with E-state index in [9.17, 15) is 4.79 Å². The molecular formula is C23H31N3O2. The Kier molecular flexibility index (Phi) is 7.88. The Labute approximate surface area is 168 Å². The first kappa shape index (κ1) is 20.4. The third-order valence-electron chi connectivity index (χ3n) is 5.14. The first-order valence-electron chi connectivity index (χ1n) is 10.2. The number of benzene rings is 2. The third kappa shape index (κ3) is 6.66. The fraction of sp³-hybridized carbons (Fsp3) is 0.435. The van der Waals surface area contributed by atoms with Crippen molar-refractivity contribution in [3.8, 4) is 0 Å². The quantitative estimate of drug-likeness (QED) is 0.737. The summed E-state index contributed by atoms with van der Waals surface area (Å²) in [6.45, 7) is 6.16. The van der Waals surface area contributed by atoms with Crippen LogP contribution < -0.4 is 10.6 Å². The number of nitrogens with one attached hydrogen (secondary N) is 2. The summed E-state index contributed by atoms with van der Waals surface area (Å²) >= 11 is 0. The van der Waals surface area contributed by atoms with Gasteiger partial charge < -0.3 is 15.4 Å². The maximum atomic E-state index is 12.6. The normalized spacial score (nSPS) is 16.9. The Morgan fingerprint density at radius 1 is 1.00 bits per heavy atom. The van der Waals surface area contributed by atoms with Gasteiger partial charge in [0.15, 0.2) is 0 Å². The molecule has 2 aromatic rings. The van der Waals surface area contributed by atoms with Crippen LogP contribution in [0.3, 0.4) is 0 Å². The van der Waals surface area contributed by atoms with Gasteiger partial charge in [0.1, 0.15) is 0 Å². The highest BCUT2D eigenvalue weighted by Gasteiger charge is 2.20. The summed E-state index contributed by atoms with van der Waals surface area (Å²) in [6, 6.07) is 20.5. The molecule has 0 aromatic heterocycles. The molecule has 5 heteroatoms. The first-order chi connectivity index (χ1) is 13.7. The van der Waals surface area contributed by atoms with E-state index < -0.39 is 0 Å². The van der Waals surface area contributed by atoms with Crippen LogP contribution in [-0.4, -0.2) is 49.8 Å². The van der Waals surface area contributed by atoms with E-state index >= 15 is 0 Å². The average molecular weight is 382 g/mol. The lowest BCUT2D eigenvalue weighted by Gasteiger charge is -2.31. The van der Waals surface area contributed by atoms with E-state index in [0.717, 1.165) is 51.3 Å². The van der Waals surface area contributed by atoms with Crippen LogP contribution in [-0.2, 0) is 11.2 Å². The number of hydrogen-bond donors (Lipinski definition) is 2. The van der Waals surface area contributed by atoms with Gasteiger partial charge in [0.2, 0.25) is 0 Å². The Hall–Kier alpha value is -2.37. The summed E-state index contributed by atoms with van der Waals surface area (Å²) in [7, 11) is 0. The molecular weight excluding hydrogens is 350 g/mol. The second kappa shape index (κ2) is 10.8. The van der Waals surface area contributed by atoms with E-state index in [0.29, 0.717) is 0 Å². The molecule has 0 aliphatic carbocycles. The molecule has 0 spiro atoms. The number of ether oxygens (including phenoxy) is 1. The third-order valence-corrected chi connectivity index (χ3v) is 5.14.